The first-order valence-corrected chi connectivity index (χ1v) is 8.15. The fourth-order valence-corrected chi connectivity index (χ4v) is 2.30. The fourth-order valence-electron chi connectivity index (χ4n) is 2.30. The number of carboxylic acids is 2. The van der Waals surface area contributed by atoms with Gasteiger partial charge >= 0.3 is 17.9 Å². The van der Waals surface area contributed by atoms with Gasteiger partial charge in [-0.3, -0.25) is 4.79 Å². The van der Waals surface area contributed by atoms with Gasteiger partial charge in [0.05, 0.1) is 23.7 Å². The summed E-state index contributed by atoms with van der Waals surface area (Å²) in [5, 5.41) is 17.8. The Kier molecular flexibility index (Phi) is 8.54. The van der Waals surface area contributed by atoms with Gasteiger partial charge in [0.15, 0.2) is 0 Å². The molecule has 2 N–H and O–H groups in total. The molecule has 1 aromatic carbocycles. The van der Waals surface area contributed by atoms with Gasteiger partial charge in [-0.1, -0.05) is 44.7 Å². The average molecular weight is 336 g/mol. The van der Waals surface area contributed by atoms with Crippen LogP contribution in [0.25, 0.3) is 0 Å². The van der Waals surface area contributed by atoms with Gasteiger partial charge in [0, 0.05) is 0 Å². The first-order valence-electron chi connectivity index (χ1n) is 8.15. The third kappa shape index (κ3) is 6.81. The number of esters is 1. The van der Waals surface area contributed by atoms with Crippen LogP contribution in [0.5, 0.6) is 0 Å². The molecular weight excluding hydrogens is 312 g/mol. The molecule has 6 nitrogen and oxygen atoms in total. The van der Waals surface area contributed by atoms with Crippen molar-refractivity contribution in [1.29, 1.82) is 0 Å². The van der Waals surface area contributed by atoms with Crippen molar-refractivity contribution in [3.05, 3.63) is 35.4 Å². The van der Waals surface area contributed by atoms with Gasteiger partial charge < -0.3 is 14.9 Å². The summed E-state index contributed by atoms with van der Waals surface area (Å²) in [6.07, 6.45) is 5.04. The molecule has 0 fully saturated rings. The Morgan fingerprint density at radius 1 is 0.958 bits per heavy atom. The minimum atomic E-state index is -1.15. The molecule has 0 aromatic heterocycles. The van der Waals surface area contributed by atoms with Crippen LogP contribution in [0.3, 0.4) is 0 Å². The Balaban J connectivity index is 2.19. The fraction of sp³-hybridized carbons (Fsp3) is 0.500. The molecule has 0 saturated heterocycles. The molecule has 0 amide bonds. The van der Waals surface area contributed by atoms with Crippen LogP contribution in [0.1, 0.15) is 66.2 Å². The lowest BCUT2D eigenvalue weighted by atomic mass is 10.0. The summed E-state index contributed by atoms with van der Waals surface area (Å²) < 4.78 is 5.12. The van der Waals surface area contributed by atoms with E-state index in [1.54, 1.807) is 19.1 Å². The predicted molar refractivity (Wildman–Crippen MR) is 88.2 cm³/mol. The molecular formula is C18H24O6. The Bertz CT molecular complexity index is 566. The molecule has 0 saturated carbocycles. The summed E-state index contributed by atoms with van der Waals surface area (Å²) in [6.45, 7) is 1.95. The lowest BCUT2D eigenvalue weighted by molar-refractivity contribution is -0.141. The maximum absolute atomic E-state index is 11.9. The highest BCUT2D eigenvalue weighted by Gasteiger charge is 2.16. The van der Waals surface area contributed by atoms with E-state index in [2.05, 4.69) is 0 Å². The van der Waals surface area contributed by atoms with Crippen molar-refractivity contribution in [1.82, 2.24) is 0 Å². The van der Waals surface area contributed by atoms with E-state index in [0.717, 1.165) is 25.7 Å². The van der Waals surface area contributed by atoms with E-state index in [-0.39, 0.29) is 23.7 Å². The van der Waals surface area contributed by atoms with Crippen LogP contribution in [0.15, 0.2) is 24.3 Å². The zero-order chi connectivity index (χ0) is 17.9. The summed E-state index contributed by atoms with van der Waals surface area (Å²) in [5.41, 5.74) is 0.00251. The van der Waals surface area contributed by atoms with E-state index < -0.39 is 17.9 Å². The first kappa shape index (κ1) is 19.7. The van der Waals surface area contributed by atoms with Gasteiger partial charge in [0.25, 0.3) is 0 Å². The van der Waals surface area contributed by atoms with Crippen molar-refractivity contribution in [2.45, 2.75) is 45.4 Å². The molecule has 0 aliphatic heterocycles. The molecule has 0 radical (unpaired) electrons. The Labute approximate surface area is 141 Å². The molecule has 0 heterocycles. The van der Waals surface area contributed by atoms with Crippen LogP contribution < -0.4 is 0 Å². The number of hydrogen-bond acceptors (Lipinski definition) is 4. The molecule has 1 unspecified atom stereocenters. The Hall–Kier alpha value is -2.37. The average Bonchev–Trinajstić information content (AvgIpc) is 2.56. The molecule has 0 bridgehead atoms. The van der Waals surface area contributed by atoms with Gasteiger partial charge in [-0.15, -0.1) is 0 Å². The first-order chi connectivity index (χ1) is 11.4. The zero-order valence-electron chi connectivity index (χ0n) is 13.9. The number of benzene rings is 1. The van der Waals surface area contributed by atoms with Gasteiger partial charge in [-0.2, -0.15) is 0 Å². The number of aliphatic carboxylic acids is 1. The lowest BCUT2D eigenvalue weighted by Crippen LogP contribution is -2.12. The maximum atomic E-state index is 11.9. The molecule has 1 rings (SSSR count). The van der Waals surface area contributed by atoms with Crippen LogP contribution in [-0.4, -0.2) is 34.7 Å². The van der Waals surface area contributed by atoms with E-state index >= 15 is 0 Å². The second kappa shape index (κ2) is 10.4. The Morgan fingerprint density at radius 3 is 2.17 bits per heavy atom. The number of ether oxygens (including phenoxy) is 1. The molecule has 6 heteroatoms. The SMILES string of the molecule is CC(CCCCCCCOC(=O)c1ccccc1C(=O)O)C(=O)O. The van der Waals surface area contributed by atoms with E-state index in [0.29, 0.717) is 12.8 Å². The summed E-state index contributed by atoms with van der Waals surface area (Å²) in [6, 6.07) is 5.97. The van der Waals surface area contributed by atoms with Crippen LogP contribution in [0.4, 0.5) is 0 Å². The highest BCUT2D eigenvalue weighted by Crippen LogP contribution is 2.13. The summed E-state index contributed by atoms with van der Waals surface area (Å²) in [4.78, 5) is 33.6. The predicted octanol–water partition coefficient (Wildman–Crippen LogP) is 3.60. The van der Waals surface area contributed by atoms with Crippen molar-refractivity contribution in [3.8, 4) is 0 Å². The summed E-state index contributed by atoms with van der Waals surface area (Å²) >= 11 is 0. The van der Waals surface area contributed by atoms with Crippen molar-refractivity contribution in [2.75, 3.05) is 6.61 Å². The van der Waals surface area contributed by atoms with Gasteiger partial charge in [0.1, 0.15) is 0 Å². The third-order valence-electron chi connectivity index (χ3n) is 3.81. The van der Waals surface area contributed by atoms with E-state index in [1.165, 1.54) is 12.1 Å². The van der Waals surface area contributed by atoms with Crippen LogP contribution in [-0.2, 0) is 9.53 Å². The van der Waals surface area contributed by atoms with E-state index in [4.69, 9.17) is 14.9 Å². The molecule has 132 valence electrons. The van der Waals surface area contributed by atoms with Gasteiger partial charge in [-0.25, -0.2) is 9.59 Å². The highest BCUT2D eigenvalue weighted by molar-refractivity contribution is 6.02. The Morgan fingerprint density at radius 2 is 1.54 bits per heavy atom. The summed E-state index contributed by atoms with van der Waals surface area (Å²) in [7, 11) is 0. The van der Waals surface area contributed by atoms with E-state index in [9.17, 15) is 14.4 Å². The quantitative estimate of drug-likeness (QED) is 0.473. The van der Waals surface area contributed by atoms with E-state index in [1.807, 2.05) is 0 Å². The molecule has 1 atom stereocenters. The topological polar surface area (TPSA) is 101 Å². The second-order valence-electron chi connectivity index (χ2n) is 5.78. The van der Waals surface area contributed by atoms with Crippen LogP contribution in [0.2, 0.25) is 0 Å². The number of unbranched alkanes of at least 4 members (excludes halogenated alkanes) is 4. The second-order valence-corrected chi connectivity index (χ2v) is 5.78. The zero-order valence-corrected chi connectivity index (χ0v) is 13.9. The van der Waals surface area contributed by atoms with Crippen molar-refractivity contribution in [2.24, 2.45) is 5.92 Å². The molecule has 1 aromatic rings. The standard InChI is InChI=1S/C18H24O6/c1-13(16(19)20)9-5-3-2-4-8-12-24-18(23)15-11-7-6-10-14(15)17(21)22/h6-7,10-11,13H,2-5,8-9,12H2,1H3,(H,19,20)(H,21,22). The third-order valence-corrected chi connectivity index (χ3v) is 3.81. The number of carbonyl (C=O) groups is 3. The van der Waals surface area contributed by atoms with Crippen LogP contribution in [0, 0.1) is 5.92 Å². The maximum Gasteiger partial charge on any atom is 0.339 e. The largest absolute Gasteiger partial charge is 0.481 e. The molecule has 0 aliphatic rings. The van der Waals surface area contributed by atoms with Crippen molar-refractivity contribution < 1.29 is 29.3 Å². The number of rotatable bonds is 11. The minimum Gasteiger partial charge on any atom is -0.481 e. The molecule has 24 heavy (non-hydrogen) atoms. The smallest absolute Gasteiger partial charge is 0.339 e. The van der Waals surface area contributed by atoms with Crippen molar-refractivity contribution >= 4 is 17.9 Å². The minimum absolute atomic E-state index is 0.0601. The summed E-state index contributed by atoms with van der Waals surface area (Å²) in [5.74, 6) is -2.84. The van der Waals surface area contributed by atoms with Crippen molar-refractivity contribution in [3.63, 3.8) is 0 Å². The number of aromatic carboxylic acids is 1. The number of carbonyl (C=O) groups excluding carboxylic acids is 1. The van der Waals surface area contributed by atoms with Crippen LogP contribution >= 0.6 is 0 Å². The normalized spacial score (nSPS) is 11.7. The highest BCUT2D eigenvalue weighted by atomic mass is 16.5. The van der Waals surface area contributed by atoms with Gasteiger partial charge in [0.2, 0.25) is 0 Å². The molecule has 0 aliphatic carbocycles. The number of carboxylic acid groups (broad SMARTS) is 2. The monoisotopic (exact) mass is 336 g/mol. The molecule has 0 spiro atoms. The number of hydrogen-bond donors (Lipinski definition) is 2. The lowest BCUT2D eigenvalue weighted by Gasteiger charge is -2.07. The van der Waals surface area contributed by atoms with Gasteiger partial charge in [-0.05, 0) is 25.0 Å².